The number of hydrogen-bond donors (Lipinski definition) is 1. The first kappa shape index (κ1) is 22.0. The minimum Gasteiger partial charge on any atom is -0.379 e. The molecule has 2 fully saturated rings. The third-order valence-electron chi connectivity index (χ3n) is 6.06. The van der Waals surface area contributed by atoms with Gasteiger partial charge in [-0.25, -0.2) is 0 Å². The van der Waals surface area contributed by atoms with Crippen LogP contribution in [0.3, 0.4) is 0 Å². The van der Waals surface area contributed by atoms with Gasteiger partial charge in [0, 0.05) is 37.1 Å². The lowest BCUT2D eigenvalue weighted by molar-refractivity contribution is -0.126. The number of rotatable bonds is 6. The van der Waals surface area contributed by atoms with Crippen LogP contribution in [0.15, 0.2) is 53.0 Å². The Kier molecular flexibility index (Phi) is 7.05. The van der Waals surface area contributed by atoms with Crippen molar-refractivity contribution >= 4 is 33.4 Å². The molecule has 2 aliphatic heterocycles. The summed E-state index contributed by atoms with van der Waals surface area (Å²) in [6, 6.07) is 16.2. The summed E-state index contributed by atoms with van der Waals surface area (Å²) in [5, 5.41) is 3.13. The highest BCUT2D eigenvalue weighted by Gasteiger charge is 2.36. The van der Waals surface area contributed by atoms with E-state index < -0.39 is 0 Å². The zero-order chi connectivity index (χ0) is 21.8. The average Bonchev–Trinajstić information content (AvgIpc) is 3.17. The predicted molar refractivity (Wildman–Crippen MR) is 124 cm³/mol. The van der Waals surface area contributed by atoms with Crippen molar-refractivity contribution in [1.29, 1.82) is 0 Å². The predicted octanol–water partition coefficient (Wildman–Crippen LogP) is 3.30. The van der Waals surface area contributed by atoms with Crippen molar-refractivity contribution in [2.75, 3.05) is 44.3 Å². The molecule has 0 aromatic heterocycles. The quantitative estimate of drug-likeness (QED) is 0.681. The number of para-hydroxylation sites is 1. The van der Waals surface area contributed by atoms with Crippen molar-refractivity contribution in [3.8, 4) is 0 Å². The molecule has 2 saturated heterocycles. The van der Waals surface area contributed by atoms with Crippen LogP contribution in [0.2, 0.25) is 0 Å². The Bertz CT molecular complexity index is 928. The molecule has 2 amide bonds. The maximum Gasteiger partial charge on any atom is 0.227 e. The third kappa shape index (κ3) is 5.17. The molecule has 0 aliphatic carbocycles. The van der Waals surface area contributed by atoms with Crippen LogP contribution < -0.4 is 10.2 Å². The summed E-state index contributed by atoms with van der Waals surface area (Å²) in [6.07, 6.45) is 0.236. The number of carbonyl (C=O) groups excluding carboxylic acids is 2. The molecule has 0 spiro atoms. The molecule has 0 saturated carbocycles. The summed E-state index contributed by atoms with van der Waals surface area (Å²) in [5.41, 5.74) is 3.21. The minimum atomic E-state index is -0.344. The number of nitrogens with zero attached hydrogens (tertiary/aromatic N) is 2. The van der Waals surface area contributed by atoms with Gasteiger partial charge in [-0.15, -0.1) is 0 Å². The van der Waals surface area contributed by atoms with Crippen LogP contribution in [-0.4, -0.2) is 56.1 Å². The molecule has 0 radical (unpaired) electrons. The number of carbonyl (C=O) groups is 2. The molecular weight excluding hydrogens is 458 g/mol. The SMILES string of the molecule is Cc1ccc(C(CNC(=O)C2CC(=O)N(c3ccccc3Br)C2)N2CCOCC2)cc1. The van der Waals surface area contributed by atoms with E-state index in [9.17, 15) is 9.59 Å². The van der Waals surface area contributed by atoms with Gasteiger partial charge in [0.25, 0.3) is 0 Å². The monoisotopic (exact) mass is 485 g/mol. The molecule has 2 aromatic rings. The van der Waals surface area contributed by atoms with Crippen LogP contribution in [0.4, 0.5) is 5.69 Å². The van der Waals surface area contributed by atoms with E-state index in [1.807, 2.05) is 24.3 Å². The standard InChI is InChI=1S/C24H28BrN3O3/c1-17-6-8-18(9-7-17)22(27-10-12-31-13-11-27)15-26-24(30)19-14-23(29)28(16-19)21-5-3-2-4-20(21)25/h2-9,19,22H,10-16H2,1H3,(H,26,30). The van der Waals surface area contributed by atoms with Crippen molar-refractivity contribution in [2.24, 2.45) is 5.92 Å². The van der Waals surface area contributed by atoms with Gasteiger partial charge in [0.1, 0.15) is 0 Å². The zero-order valence-corrected chi connectivity index (χ0v) is 19.3. The van der Waals surface area contributed by atoms with E-state index in [1.165, 1.54) is 11.1 Å². The van der Waals surface area contributed by atoms with Gasteiger partial charge in [-0.2, -0.15) is 0 Å². The Morgan fingerprint density at radius 2 is 1.87 bits per heavy atom. The van der Waals surface area contributed by atoms with Crippen LogP contribution in [0.5, 0.6) is 0 Å². The van der Waals surface area contributed by atoms with Crippen LogP contribution in [-0.2, 0) is 14.3 Å². The molecule has 2 heterocycles. The average molecular weight is 486 g/mol. The number of hydrogen-bond acceptors (Lipinski definition) is 4. The van der Waals surface area contributed by atoms with E-state index in [0.29, 0.717) is 26.3 Å². The molecule has 4 rings (SSSR count). The van der Waals surface area contributed by atoms with Crippen molar-refractivity contribution in [3.05, 3.63) is 64.1 Å². The summed E-state index contributed by atoms with van der Waals surface area (Å²) in [4.78, 5) is 29.6. The van der Waals surface area contributed by atoms with E-state index in [1.54, 1.807) is 4.90 Å². The molecule has 164 valence electrons. The molecule has 2 atom stereocenters. The second-order valence-corrected chi connectivity index (χ2v) is 9.03. The molecule has 2 aliphatic rings. The number of nitrogens with one attached hydrogen (secondary N) is 1. The van der Waals surface area contributed by atoms with Crippen molar-refractivity contribution in [2.45, 2.75) is 19.4 Å². The van der Waals surface area contributed by atoms with Crippen molar-refractivity contribution < 1.29 is 14.3 Å². The molecular formula is C24H28BrN3O3. The maximum absolute atomic E-state index is 13.0. The first-order chi connectivity index (χ1) is 15.0. The van der Waals surface area contributed by atoms with Crippen molar-refractivity contribution in [3.63, 3.8) is 0 Å². The van der Waals surface area contributed by atoms with E-state index in [4.69, 9.17) is 4.74 Å². The van der Waals surface area contributed by atoms with E-state index >= 15 is 0 Å². The van der Waals surface area contributed by atoms with Gasteiger partial charge in [-0.3, -0.25) is 14.5 Å². The van der Waals surface area contributed by atoms with Gasteiger partial charge in [-0.1, -0.05) is 42.0 Å². The van der Waals surface area contributed by atoms with E-state index in [-0.39, 0.29) is 30.2 Å². The Morgan fingerprint density at radius 3 is 2.58 bits per heavy atom. The number of aryl methyl sites for hydroxylation is 1. The van der Waals surface area contributed by atoms with E-state index in [0.717, 1.165) is 23.2 Å². The Balaban J connectivity index is 1.42. The van der Waals surface area contributed by atoms with Gasteiger partial charge in [0.05, 0.1) is 30.9 Å². The fraction of sp³-hybridized carbons (Fsp3) is 0.417. The van der Waals surface area contributed by atoms with Gasteiger partial charge in [0.2, 0.25) is 11.8 Å². The Morgan fingerprint density at radius 1 is 1.16 bits per heavy atom. The number of ether oxygens (including phenoxy) is 1. The van der Waals surface area contributed by atoms with Gasteiger partial charge in [0.15, 0.2) is 0 Å². The number of amides is 2. The first-order valence-electron chi connectivity index (χ1n) is 10.7. The van der Waals surface area contributed by atoms with Gasteiger partial charge >= 0.3 is 0 Å². The fourth-order valence-corrected chi connectivity index (χ4v) is 4.76. The van der Waals surface area contributed by atoms with Crippen molar-refractivity contribution in [1.82, 2.24) is 10.2 Å². The minimum absolute atomic E-state index is 0.0182. The second-order valence-electron chi connectivity index (χ2n) is 8.18. The second kappa shape index (κ2) is 9.94. The topological polar surface area (TPSA) is 61.9 Å². The van der Waals surface area contributed by atoms with Crippen LogP contribution in [0.1, 0.15) is 23.6 Å². The number of morpholine rings is 1. The maximum atomic E-state index is 13.0. The molecule has 0 bridgehead atoms. The molecule has 2 unspecified atom stereocenters. The zero-order valence-electron chi connectivity index (χ0n) is 17.7. The van der Waals surface area contributed by atoms with Gasteiger partial charge in [-0.05, 0) is 40.5 Å². The fourth-order valence-electron chi connectivity index (χ4n) is 4.26. The van der Waals surface area contributed by atoms with E-state index in [2.05, 4.69) is 57.3 Å². The lowest BCUT2D eigenvalue weighted by Gasteiger charge is -2.35. The highest BCUT2D eigenvalue weighted by atomic mass is 79.9. The number of halogens is 1. The van der Waals surface area contributed by atoms with Crippen LogP contribution >= 0.6 is 15.9 Å². The summed E-state index contributed by atoms with van der Waals surface area (Å²) in [6.45, 7) is 6.08. The molecule has 1 N–H and O–H groups in total. The van der Waals surface area contributed by atoms with Gasteiger partial charge < -0.3 is 15.0 Å². The third-order valence-corrected chi connectivity index (χ3v) is 6.73. The van der Waals surface area contributed by atoms with Crippen LogP contribution in [0.25, 0.3) is 0 Å². The summed E-state index contributed by atoms with van der Waals surface area (Å²) < 4.78 is 6.37. The molecule has 2 aromatic carbocycles. The summed E-state index contributed by atoms with van der Waals surface area (Å²) in [7, 11) is 0. The normalized spacial score (nSPS) is 20.6. The lowest BCUT2D eigenvalue weighted by atomic mass is 10.0. The highest BCUT2D eigenvalue weighted by Crippen LogP contribution is 2.31. The molecule has 7 heteroatoms. The highest BCUT2D eigenvalue weighted by molar-refractivity contribution is 9.10. The Labute approximate surface area is 191 Å². The number of benzene rings is 2. The largest absolute Gasteiger partial charge is 0.379 e. The molecule has 6 nitrogen and oxygen atoms in total. The van der Waals surface area contributed by atoms with Crippen LogP contribution in [0, 0.1) is 12.8 Å². The number of anilines is 1. The lowest BCUT2D eigenvalue weighted by Crippen LogP contribution is -2.45. The molecule has 31 heavy (non-hydrogen) atoms. The summed E-state index contributed by atoms with van der Waals surface area (Å²) >= 11 is 3.51. The Hall–Kier alpha value is -2.22. The first-order valence-corrected chi connectivity index (χ1v) is 11.5. The summed E-state index contributed by atoms with van der Waals surface area (Å²) in [5.74, 6) is -0.424. The smallest absolute Gasteiger partial charge is 0.227 e.